The molecule has 0 aliphatic heterocycles. The predicted molar refractivity (Wildman–Crippen MR) is 127 cm³/mol. The number of pyridine rings is 1. The summed E-state index contributed by atoms with van der Waals surface area (Å²) in [6.07, 6.45) is 2.28. The van der Waals surface area contributed by atoms with E-state index in [-0.39, 0.29) is 29.7 Å². The van der Waals surface area contributed by atoms with Crippen molar-refractivity contribution < 1.29 is 18.3 Å². The molecule has 2 N–H and O–H groups in total. The zero-order chi connectivity index (χ0) is 24.9. The Morgan fingerprint density at radius 1 is 1.03 bits per heavy atom. The second-order valence-corrected chi connectivity index (χ2v) is 8.02. The van der Waals surface area contributed by atoms with Crippen LogP contribution in [0, 0.1) is 11.6 Å². The average molecular weight is 482 g/mol. The molecule has 0 atom stereocenters. The first-order valence-electron chi connectivity index (χ1n) is 10.8. The summed E-state index contributed by atoms with van der Waals surface area (Å²) in [6, 6.07) is 11.8. The summed E-state index contributed by atoms with van der Waals surface area (Å²) in [7, 11) is 5.44. The number of nitrogens with two attached hydrogens (primary N) is 1. The third-order valence-corrected chi connectivity index (χ3v) is 5.31. The SMILES string of the molecule is COc1ccc(-c2cnc(N)c(-c3nnnn3-c3ccc(OCCCN(C)C)c(F)c3F)c2)cc1. The second kappa shape index (κ2) is 10.4. The number of hydrogen-bond acceptors (Lipinski definition) is 8. The van der Waals surface area contributed by atoms with Crippen LogP contribution >= 0.6 is 0 Å². The van der Waals surface area contributed by atoms with E-state index in [1.54, 1.807) is 19.4 Å². The van der Waals surface area contributed by atoms with Crippen LogP contribution in [-0.2, 0) is 0 Å². The molecule has 11 heteroatoms. The molecule has 4 aromatic rings. The molecule has 0 amide bonds. The summed E-state index contributed by atoms with van der Waals surface area (Å²) in [6.45, 7) is 1.02. The van der Waals surface area contributed by atoms with Crippen LogP contribution in [0.4, 0.5) is 14.6 Å². The summed E-state index contributed by atoms with van der Waals surface area (Å²) in [5.74, 6) is -1.47. The van der Waals surface area contributed by atoms with Gasteiger partial charge >= 0.3 is 0 Å². The highest BCUT2D eigenvalue weighted by Crippen LogP contribution is 2.32. The number of nitrogens with zero attached hydrogens (tertiary/aromatic N) is 6. The molecule has 0 aliphatic carbocycles. The molecule has 0 aliphatic rings. The summed E-state index contributed by atoms with van der Waals surface area (Å²) >= 11 is 0. The summed E-state index contributed by atoms with van der Waals surface area (Å²) < 4.78 is 41.5. The molecule has 2 aromatic heterocycles. The first-order valence-corrected chi connectivity index (χ1v) is 10.8. The number of methoxy groups -OCH3 is 1. The van der Waals surface area contributed by atoms with Gasteiger partial charge in [0.15, 0.2) is 17.4 Å². The number of hydrogen-bond donors (Lipinski definition) is 1. The number of rotatable bonds is 9. The minimum Gasteiger partial charge on any atom is -0.497 e. The first kappa shape index (κ1) is 24.0. The molecule has 2 heterocycles. The molecule has 0 radical (unpaired) electrons. The zero-order valence-electron chi connectivity index (χ0n) is 19.6. The maximum atomic E-state index is 15.0. The lowest BCUT2D eigenvalue weighted by atomic mass is 10.0. The largest absolute Gasteiger partial charge is 0.497 e. The third-order valence-electron chi connectivity index (χ3n) is 5.31. The molecule has 4 rings (SSSR count). The molecule has 0 saturated heterocycles. The Morgan fingerprint density at radius 2 is 1.80 bits per heavy atom. The van der Waals surface area contributed by atoms with Crippen LogP contribution in [0.5, 0.6) is 11.5 Å². The van der Waals surface area contributed by atoms with E-state index in [0.29, 0.717) is 17.7 Å². The maximum absolute atomic E-state index is 15.0. The minimum atomic E-state index is -1.14. The first-order chi connectivity index (χ1) is 16.9. The van der Waals surface area contributed by atoms with Crippen molar-refractivity contribution >= 4 is 5.82 Å². The number of nitrogen functional groups attached to an aromatic ring is 1. The fraction of sp³-hybridized carbons (Fsp3) is 0.250. The van der Waals surface area contributed by atoms with Gasteiger partial charge in [0.1, 0.15) is 17.3 Å². The van der Waals surface area contributed by atoms with Gasteiger partial charge in [0.2, 0.25) is 5.82 Å². The Labute approximate surface area is 201 Å². The number of aromatic nitrogens is 5. The van der Waals surface area contributed by atoms with Gasteiger partial charge < -0.3 is 20.1 Å². The average Bonchev–Trinajstić information content (AvgIpc) is 3.34. The summed E-state index contributed by atoms with van der Waals surface area (Å²) in [5, 5.41) is 11.5. The molecule has 9 nitrogen and oxygen atoms in total. The van der Waals surface area contributed by atoms with E-state index >= 15 is 4.39 Å². The van der Waals surface area contributed by atoms with Crippen LogP contribution < -0.4 is 15.2 Å². The molecule has 0 spiro atoms. The number of benzene rings is 2. The number of halogens is 2. The molecule has 35 heavy (non-hydrogen) atoms. The minimum absolute atomic E-state index is 0.114. The molecular weight excluding hydrogens is 456 g/mol. The number of ether oxygens (including phenoxy) is 2. The lowest BCUT2D eigenvalue weighted by Crippen LogP contribution is -2.16. The fourth-order valence-corrected chi connectivity index (χ4v) is 3.47. The van der Waals surface area contributed by atoms with Crippen LogP contribution in [0.1, 0.15) is 6.42 Å². The van der Waals surface area contributed by atoms with Crippen LogP contribution in [0.15, 0.2) is 48.7 Å². The fourth-order valence-electron chi connectivity index (χ4n) is 3.47. The molecule has 0 bridgehead atoms. The Bertz CT molecular complexity index is 1310. The van der Waals surface area contributed by atoms with Gasteiger partial charge in [0.25, 0.3) is 0 Å². The molecule has 182 valence electrons. The van der Waals surface area contributed by atoms with E-state index in [2.05, 4.69) is 20.5 Å². The van der Waals surface area contributed by atoms with Gasteiger partial charge in [-0.05, 0) is 66.8 Å². The van der Waals surface area contributed by atoms with E-state index in [1.165, 1.54) is 12.1 Å². The van der Waals surface area contributed by atoms with Crippen molar-refractivity contribution in [3.8, 4) is 39.7 Å². The predicted octanol–water partition coefficient (Wildman–Crippen LogP) is 3.59. The highest BCUT2D eigenvalue weighted by molar-refractivity contribution is 5.76. The molecule has 2 aromatic carbocycles. The van der Waals surface area contributed by atoms with E-state index in [1.807, 2.05) is 43.3 Å². The lowest BCUT2D eigenvalue weighted by Gasteiger charge is -2.13. The quantitative estimate of drug-likeness (QED) is 0.362. The second-order valence-electron chi connectivity index (χ2n) is 8.02. The lowest BCUT2D eigenvalue weighted by molar-refractivity contribution is 0.267. The third kappa shape index (κ3) is 5.19. The van der Waals surface area contributed by atoms with E-state index < -0.39 is 11.6 Å². The van der Waals surface area contributed by atoms with Gasteiger partial charge in [-0.2, -0.15) is 9.07 Å². The Balaban J connectivity index is 1.65. The van der Waals surface area contributed by atoms with Crippen LogP contribution in [-0.4, -0.2) is 64.4 Å². The van der Waals surface area contributed by atoms with Gasteiger partial charge in [-0.3, -0.25) is 0 Å². The molecule has 0 saturated carbocycles. The normalized spacial score (nSPS) is 11.1. The highest BCUT2D eigenvalue weighted by Gasteiger charge is 2.22. The Kier molecular flexibility index (Phi) is 7.16. The molecule has 0 unspecified atom stereocenters. The van der Waals surface area contributed by atoms with Crippen molar-refractivity contribution in [1.29, 1.82) is 0 Å². The van der Waals surface area contributed by atoms with Gasteiger partial charge in [0, 0.05) is 18.3 Å². The van der Waals surface area contributed by atoms with Crippen LogP contribution in [0.2, 0.25) is 0 Å². The Hall–Kier alpha value is -4.12. The van der Waals surface area contributed by atoms with Crippen molar-refractivity contribution in [3.05, 3.63) is 60.3 Å². The summed E-state index contributed by atoms with van der Waals surface area (Å²) in [4.78, 5) is 6.22. The van der Waals surface area contributed by atoms with E-state index in [9.17, 15) is 4.39 Å². The maximum Gasteiger partial charge on any atom is 0.202 e. The van der Waals surface area contributed by atoms with Crippen molar-refractivity contribution in [2.75, 3.05) is 40.1 Å². The van der Waals surface area contributed by atoms with Gasteiger partial charge in [-0.25, -0.2) is 9.37 Å². The standard InChI is InChI=1S/C24H25F2N7O2/c1-32(2)11-4-12-35-20-10-9-19(21(25)22(20)26)33-24(29-30-31-33)18-13-16(14-28-23(18)27)15-5-7-17(34-3)8-6-15/h5-10,13-14H,4,11-12H2,1-3H3,(H2,27,28). The van der Waals surface area contributed by atoms with Gasteiger partial charge in [-0.15, -0.1) is 5.10 Å². The molecular formula is C24H25F2N7O2. The number of anilines is 1. The van der Waals surface area contributed by atoms with E-state index in [0.717, 1.165) is 22.4 Å². The van der Waals surface area contributed by atoms with Crippen molar-refractivity contribution in [2.45, 2.75) is 6.42 Å². The monoisotopic (exact) mass is 481 g/mol. The smallest absolute Gasteiger partial charge is 0.202 e. The summed E-state index contributed by atoms with van der Waals surface area (Å²) in [5.41, 5.74) is 7.88. The van der Waals surface area contributed by atoms with Gasteiger partial charge in [0.05, 0.1) is 19.3 Å². The van der Waals surface area contributed by atoms with Crippen molar-refractivity contribution in [3.63, 3.8) is 0 Å². The topological polar surface area (TPSA) is 104 Å². The van der Waals surface area contributed by atoms with Crippen molar-refractivity contribution in [1.82, 2.24) is 30.1 Å². The van der Waals surface area contributed by atoms with E-state index in [4.69, 9.17) is 15.2 Å². The van der Waals surface area contributed by atoms with Crippen LogP contribution in [0.25, 0.3) is 28.2 Å². The van der Waals surface area contributed by atoms with Gasteiger partial charge in [-0.1, -0.05) is 12.1 Å². The van der Waals surface area contributed by atoms with Crippen molar-refractivity contribution in [2.24, 2.45) is 0 Å². The number of tetrazole rings is 1. The Morgan fingerprint density at radius 3 is 2.51 bits per heavy atom. The highest BCUT2D eigenvalue weighted by atomic mass is 19.2. The molecule has 0 fully saturated rings. The zero-order valence-corrected chi connectivity index (χ0v) is 19.6. The van der Waals surface area contributed by atoms with Crippen LogP contribution in [0.3, 0.4) is 0 Å².